The Bertz CT molecular complexity index is 791. The third-order valence-electron chi connectivity index (χ3n) is 3.73. The maximum Gasteiger partial charge on any atom is 0.224 e. The lowest BCUT2D eigenvalue weighted by Gasteiger charge is -2.08. The number of thiazole rings is 1. The second-order valence-corrected chi connectivity index (χ2v) is 6.29. The van der Waals surface area contributed by atoms with Crippen LogP contribution in [0.5, 0.6) is 0 Å². The van der Waals surface area contributed by atoms with E-state index in [0.717, 1.165) is 27.8 Å². The summed E-state index contributed by atoms with van der Waals surface area (Å²) in [6, 6.07) is 7.77. The zero-order chi connectivity index (χ0) is 16.2. The highest BCUT2D eigenvalue weighted by atomic mass is 32.1. The minimum absolute atomic E-state index is 0.00241. The first-order valence-corrected chi connectivity index (χ1v) is 8.30. The molecule has 0 unspecified atom stereocenters. The molecule has 0 aliphatic carbocycles. The van der Waals surface area contributed by atoms with Crippen LogP contribution in [0.3, 0.4) is 0 Å². The van der Waals surface area contributed by atoms with Gasteiger partial charge in [-0.3, -0.25) is 4.79 Å². The molecule has 5 nitrogen and oxygen atoms in total. The van der Waals surface area contributed by atoms with E-state index in [2.05, 4.69) is 15.3 Å². The van der Waals surface area contributed by atoms with Crippen molar-refractivity contribution in [1.29, 1.82) is 0 Å². The molecule has 1 amide bonds. The number of benzene rings is 1. The third kappa shape index (κ3) is 3.65. The minimum Gasteiger partial charge on any atom is -0.326 e. The lowest BCUT2D eigenvalue weighted by atomic mass is 10.2. The van der Waals surface area contributed by atoms with Gasteiger partial charge < -0.3 is 9.88 Å². The van der Waals surface area contributed by atoms with Crippen LogP contribution in [0.1, 0.15) is 22.8 Å². The molecule has 0 spiro atoms. The molecule has 0 bridgehead atoms. The highest BCUT2D eigenvalue weighted by Crippen LogP contribution is 2.17. The molecule has 0 fully saturated rings. The highest BCUT2D eigenvalue weighted by Gasteiger charge is 2.07. The number of amides is 1. The Hall–Kier alpha value is -2.47. The second kappa shape index (κ2) is 6.75. The van der Waals surface area contributed by atoms with E-state index in [-0.39, 0.29) is 5.91 Å². The predicted octanol–water partition coefficient (Wildman–Crippen LogP) is 3.52. The predicted molar refractivity (Wildman–Crippen MR) is 92.1 cm³/mol. The summed E-state index contributed by atoms with van der Waals surface area (Å²) in [4.78, 5) is 20.5. The molecule has 0 aliphatic heterocycles. The number of rotatable bonds is 5. The summed E-state index contributed by atoms with van der Waals surface area (Å²) >= 11 is 1.57. The van der Waals surface area contributed by atoms with E-state index in [4.69, 9.17) is 0 Å². The lowest BCUT2D eigenvalue weighted by molar-refractivity contribution is -0.116. The SMILES string of the molecule is Cc1ncn(-c2ccc(NC(=O)CCc3nccs3)cc2)c1C. The van der Waals surface area contributed by atoms with E-state index in [0.29, 0.717) is 12.8 Å². The molecule has 3 aromatic rings. The fourth-order valence-electron chi connectivity index (χ4n) is 2.28. The van der Waals surface area contributed by atoms with Crippen LogP contribution in [0.15, 0.2) is 42.2 Å². The van der Waals surface area contributed by atoms with Crippen molar-refractivity contribution in [1.82, 2.24) is 14.5 Å². The van der Waals surface area contributed by atoms with Gasteiger partial charge in [0.1, 0.15) is 0 Å². The van der Waals surface area contributed by atoms with Gasteiger partial charge in [-0.25, -0.2) is 9.97 Å². The Morgan fingerprint density at radius 1 is 1.22 bits per heavy atom. The van der Waals surface area contributed by atoms with Gasteiger partial charge >= 0.3 is 0 Å². The van der Waals surface area contributed by atoms with Gasteiger partial charge in [-0.2, -0.15) is 0 Å². The topological polar surface area (TPSA) is 59.8 Å². The standard InChI is InChI=1S/C17H18N4OS/c1-12-13(2)21(11-19-12)15-5-3-14(4-6-15)20-16(22)7-8-17-18-9-10-23-17/h3-6,9-11H,7-8H2,1-2H3,(H,20,22). The molecule has 0 saturated carbocycles. The number of aryl methyl sites for hydroxylation is 2. The monoisotopic (exact) mass is 326 g/mol. The first-order valence-electron chi connectivity index (χ1n) is 7.42. The van der Waals surface area contributed by atoms with Crippen LogP contribution < -0.4 is 5.32 Å². The van der Waals surface area contributed by atoms with Crippen LogP contribution in [0.4, 0.5) is 5.69 Å². The summed E-state index contributed by atoms with van der Waals surface area (Å²) in [5.41, 5.74) is 3.96. The number of anilines is 1. The Kier molecular flexibility index (Phi) is 4.52. The molecule has 0 saturated heterocycles. The lowest BCUT2D eigenvalue weighted by Crippen LogP contribution is -2.12. The van der Waals surface area contributed by atoms with Crippen molar-refractivity contribution < 1.29 is 4.79 Å². The van der Waals surface area contributed by atoms with Crippen molar-refractivity contribution in [2.24, 2.45) is 0 Å². The number of aromatic nitrogens is 3. The van der Waals surface area contributed by atoms with Crippen LogP contribution in [0.25, 0.3) is 5.69 Å². The van der Waals surface area contributed by atoms with Crippen molar-refractivity contribution in [2.45, 2.75) is 26.7 Å². The number of nitrogens with one attached hydrogen (secondary N) is 1. The van der Waals surface area contributed by atoms with Crippen LogP contribution in [0.2, 0.25) is 0 Å². The van der Waals surface area contributed by atoms with Gasteiger partial charge in [0.2, 0.25) is 5.91 Å². The minimum atomic E-state index is 0.00241. The summed E-state index contributed by atoms with van der Waals surface area (Å²) in [6.07, 6.45) is 4.69. The summed E-state index contributed by atoms with van der Waals surface area (Å²) < 4.78 is 2.03. The maximum absolute atomic E-state index is 12.0. The van der Waals surface area contributed by atoms with Gasteiger partial charge in [-0.05, 0) is 38.1 Å². The van der Waals surface area contributed by atoms with E-state index in [1.54, 1.807) is 17.5 Å². The summed E-state index contributed by atoms with van der Waals surface area (Å²) in [5, 5.41) is 5.83. The normalized spacial score (nSPS) is 10.7. The molecule has 1 aromatic carbocycles. The largest absolute Gasteiger partial charge is 0.326 e. The molecule has 2 heterocycles. The number of imidazole rings is 1. The van der Waals surface area contributed by atoms with Crippen molar-refractivity contribution in [3.05, 3.63) is 58.6 Å². The van der Waals surface area contributed by atoms with Crippen LogP contribution >= 0.6 is 11.3 Å². The quantitative estimate of drug-likeness (QED) is 0.780. The van der Waals surface area contributed by atoms with Gasteiger partial charge in [0.15, 0.2) is 0 Å². The summed E-state index contributed by atoms with van der Waals surface area (Å²) in [5.74, 6) is 0.00241. The fraction of sp³-hybridized carbons (Fsp3) is 0.235. The molecular formula is C17H18N4OS. The molecule has 118 valence electrons. The van der Waals surface area contributed by atoms with Gasteiger partial charge in [-0.1, -0.05) is 0 Å². The zero-order valence-corrected chi connectivity index (χ0v) is 13.9. The molecule has 23 heavy (non-hydrogen) atoms. The highest BCUT2D eigenvalue weighted by molar-refractivity contribution is 7.09. The van der Waals surface area contributed by atoms with Crippen LogP contribution in [-0.4, -0.2) is 20.4 Å². The van der Waals surface area contributed by atoms with Gasteiger partial charge in [0.25, 0.3) is 0 Å². The zero-order valence-electron chi connectivity index (χ0n) is 13.1. The smallest absolute Gasteiger partial charge is 0.224 e. The average Bonchev–Trinajstić information content (AvgIpc) is 3.18. The second-order valence-electron chi connectivity index (χ2n) is 5.31. The van der Waals surface area contributed by atoms with Gasteiger partial charge in [-0.15, -0.1) is 11.3 Å². The molecule has 0 aliphatic rings. The number of carbonyl (C=O) groups is 1. The number of hydrogen-bond acceptors (Lipinski definition) is 4. The van der Waals surface area contributed by atoms with Crippen LogP contribution in [-0.2, 0) is 11.2 Å². The van der Waals surface area contributed by atoms with Gasteiger partial charge in [0, 0.05) is 41.5 Å². The van der Waals surface area contributed by atoms with E-state index < -0.39 is 0 Å². The van der Waals surface area contributed by atoms with Gasteiger partial charge in [0.05, 0.1) is 17.0 Å². The molecular weight excluding hydrogens is 308 g/mol. The fourth-order valence-corrected chi connectivity index (χ4v) is 2.91. The van der Waals surface area contributed by atoms with E-state index in [9.17, 15) is 4.79 Å². The summed E-state index contributed by atoms with van der Waals surface area (Å²) in [7, 11) is 0. The molecule has 6 heteroatoms. The Morgan fingerprint density at radius 3 is 2.61 bits per heavy atom. The Balaban J connectivity index is 1.61. The molecule has 3 rings (SSSR count). The molecule has 1 N–H and O–H groups in total. The first kappa shape index (κ1) is 15.4. The first-order chi connectivity index (χ1) is 11.1. The van der Waals surface area contributed by atoms with Crippen LogP contribution in [0, 0.1) is 13.8 Å². The third-order valence-corrected chi connectivity index (χ3v) is 4.57. The van der Waals surface area contributed by atoms with E-state index in [1.165, 1.54) is 0 Å². The van der Waals surface area contributed by atoms with Crippen molar-refractivity contribution in [3.63, 3.8) is 0 Å². The molecule has 0 atom stereocenters. The Labute approximate surface area is 139 Å². The van der Waals surface area contributed by atoms with E-state index >= 15 is 0 Å². The number of carbonyl (C=O) groups excluding carboxylic acids is 1. The Morgan fingerprint density at radius 2 is 2.00 bits per heavy atom. The number of nitrogens with zero attached hydrogens (tertiary/aromatic N) is 3. The van der Waals surface area contributed by atoms with Crippen molar-refractivity contribution in [3.8, 4) is 5.69 Å². The molecule has 2 aromatic heterocycles. The average molecular weight is 326 g/mol. The van der Waals surface area contributed by atoms with Crippen molar-refractivity contribution >= 4 is 22.9 Å². The molecule has 0 radical (unpaired) electrons. The maximum atomic E-state index is 12.0. The van der Waals surface area contributed by atoms with E-state index in [1.807, 2.05) is 54.4 Å². The summed E-state index contributed by atoms with van der Waals surface area (Å²) in [6.45, 7) is 4.03. The number of hydrogen-bond donors (Lipinski definition) is 1. The van der Waals surface area contributed by atoms with Crippen molar-refractivity contribution in [2.75, 3.05) is 5.32 Å².